The number of allylic oxidation sites excluding steroid dienone is 2. The molecule has 1 aromatic rings. The molecule has 1 fully saturated rings. The zero-order valence-corrected chi connectivity index (χ0v) is 26.4. The lowest BCUT2D eigenvalue weighted by molar-refractivity contribution is -0.0346. The van der Waals surface area contributed by atoms with E-state index in [9.17, 15) is 13.0 Å². The molecule has 0 saturated heterocycles. The topological polar surface area (TPSA) is 63.6 Å². The third-order valence-corrected chi connectivity index (χ3v) is 15.2. The van der Waals surface area contributed by atoms with E-state index in [1.54, 1.807) is 6.08 Å². The maximum absolute atomic E-state index is 13.0. The first kappa shape index (κ1) is 29.1. The Morgan fingerprint density at radius 3 is 2.26 bits per heavy atom. The number of hydrogen-bond donors (Lipinski definition) is 1. The van der Waals surface area contributed by atoms with Crippen LogP contribution in [0.4, 0.5) is 0 Å². The van der Waals surface area contributed by atoms with Gasteiger partial charge in [-0.05, 0) is 102 Å². The summed E-state index contributed by atoms with van der Waals surface area (Å²) in [5, 5.41) is -0.0399. The number of rotatable bonds is 7. The number of hydrogen-bond acceptors (Lipinski definition) is 3. The third kappa shape index (κ3) is 5.69. The fourth-order valence-electron chi connectivity index (χ4n) is 5.96. The van der Waals surface area contributed by atoms with E-state index in [-0.39, 0.29) is 21.8 Å². The Morgan fingerprint density at radius 2 is 1.74 bits per heavy atom. The van der Waals surface area contributed by atoms with Crippen molar-refractivity contribution < 1.29 is 17.4 Å². The van der Waals surface area contributed by atoms with Crippen molar-refractivity contribution >= 4 is 41.0 Å². The Bertz CT molecular complexity index is 1080. The highest BCUT2D eigenvalue weighted by atomic mass is 127. The molecule has 0 spiro atoms. The van der Waals surface area contributed by atoms with Gasteiger partial charge in [-0.1, -0.05) is 71.2 Å². The van der Waals surface area contributed by atoms with E-state index in [2.05, 4.69) is 82.4 Å². The average molecular weight is 631 g/mol. The van der Waals surface area contributed by atoms with Crippen LogP contribution in [0.3, 0.4) is 0 Å². The minimum atomic E-state index is -4.43. The first-order valence-electron chi connectivity index (χ1n) is 13.0. The summed E-state index contributed by atoms with van der Waals surface area (Å²) in [4.78, 5) is 0.110. The number of halogens is 1. The first-order valence-corrected chi connectivity index (χ1v) is 18.4. The van der Waals surface area contributed by atoms with Crippen molar-refractivity contribution in [2.45, 2.75) is 103 Å². The number of benzene rings is 1. The molecule has 1 saturated carbocycles. The third-order valence-electron chi connectivity index (χ3n) is 8.77. The fourth-order valence-corrected chi connectivity index (χ4v) is 9.26. The Hall–Kier alpha value is -0.483. The maximum atomic E-state index is 13.0. The van der Waals surface area contributed by atoms with Gasteiger partial charge in [0.15, 0.2) is 8.32 Å². The Morgan fingerprint density at radius 1 is 1.14 bits per heavy atom. The van der Waals surface area contributed by atoms with Gasteiger partial charge < -0.3 is 4.43 Å². The molecule has 4 nitrogen and oxygen atoms in total. The molecule has 1 unspecified atom stereocenters. The molecular formula is C28H43IO4SSi. The van der Waals surface area contributed by atoms with Gasteiger partial charge in [-0.25, -0.2) is 0 Å². The Kier molecular flexibility index (Phi) is 8.90. The monoisotopic (exact) mass is 630 g/mol. The molecule has 3 rings (SSSR count). The van der Waals surface area contributed by atoms with E-state index in [0.29, 0.717) is 0 Å². The zero-order valence-electron chi connectivity index (χ0n) is 22.4. The van der Waals surface area contributed by atoms with E-state index in [1.807, 2.05) is 18.2 Å². The zero-order chi connectivity index (χ0) is 26.2. The van der Waals surface area contributed by atoms with E-state index in [0.717, 1.165) is 46.8 Å². The second kappa shape index (κ2) is 10.7. The van der Waals surface area contributed by atoms with Crippen molar-refractivity contribution in [3.8, 4) is 0 Å². The van der Waals surface area contributed by atoms with Crippen molar-refractivity contribution in [1.82, 2.24) is 0 Å². The van der Waals surface area contributed by atoms with Crippen molar-refractivity contribution in [2.24, 2.45) is 11.8 Å². The van der Waals surface area contributed by atoms with E-state index in [4.69, 9.17) is 4.43 Å². The first-order chi connectivity index (χ1) is 16.2. The van der Waals surface area contributed by atoms with Gasteiger partial charge in [0.1, 0.15) is 0 Å². The molecule has 1 aromatic carbocycles. The van der Waals surface area contributed by atoms with Crippen LogP contribution in [0.5, 0.6) is 0 Å². The van der Waals surface area contributed by atoms with Crippen LogP contribution in [0.15, 0.2) is 46.9 Å². The molecule has 0 aliphatic heterocycles. The molecule has 3 atom stereocenters. The minimum Gasteiger partial charge on any atom is -0.407 e. The Labute approximate surface area is 228 Å². The predicted molar refractivity (Wildman–Crippen MR) is 157 cm³/mol. The van der Waals surface area contributed by atoms with Gasteiger partial charge in [0.25, 0.3) is 10.1 Å². The highest BCUT2D eigenvalue weighted by Crippen LogP contribution is 2.57. The van der Waals surface area contributed by atoms with Gasteiger partial charge >= 0.3 is 0 Å². The summed E-state index contributed by atoms with van der Waals surface area (Å²) in [6.45, 7) is 15.5. The molecule has 0 radical (unpaired) electrons. The molecule has 0 heterocycles. The molecule has 1 N–H and O–H groups in total. The van der Waals surface area contributed by atoms with Crippen LogP contribution >= 0.6 is 22.6 Å². The van der Waals surface area contributed by atoms with Crippen LogP contribution in [0.25, 0.3) is 0 Å². The fraction of sp³-hybridized carbons (Fsp3) is 0.643. The lowest BCUT2D eigenvalue weighted by atomic mass is 9.60. The summed E-state index contributed by atoms with van der Waals surface area (Å²) in [7, 11) is -6.77. The van der Waals surface area contributed by atoms with E-state index >= 15 is 0 Å². The average Bonchev–Trinajstić information content (AvgIpc) is 2.76. The van der Waals surface area contributed by atoms with Crippen LogP contribution in [-0.2, 0) is 14.5 Å². The standard InChI is InChI=1S/C28H43IO4SSi/c1-8-22(23-16-12-13-17-24(23)29)26-25(34(30,31)32)19-18-20(2)28(26,21-14-10-9-11-15-21)33-35(6,7)27(3,4)5/h12-13,16-19,21-22,26H,8-11,14-15H2,1-7H3,(H,30,31,32)/t22-,26?,28+/m0/s1. The second-order valence-electron chi connectivity index (χ2n) is 11.9. The van der Waals surface area contributed by atoms with Crippen molar-refractivity contribution in [3.63, 3.8) is 0 Å². The molecule has 196 valence electrons. The van der Waals surface area contributed by atoms with Gasteiger partial charge in [0, 0.05) is 9.49 Å². The van der Waals surface area contributed by atoms with Crippen LogP contribution in [0.2, 0.25) is 18.1 Å². The summed E-state index contributed by atoms with van der Waals surface area (Å²) in [6.07, 6.45) is 9.77. The van der Waals surface area contributed by atoms with Crippen LogP contribution < -0.4 is 0 Å². The summed E-state index contributed by atoms with van der Waals surface area (Å²) in [5.74, 6) is -0.389. The van der Waals surface area contributed by atoms with Gasteiger partial charge in [0.05, 0.1) is 10.5 Å². The van der Waals surface area contributed by atoms with Gasteiger partial charge in [-0.3, -0.25) is 4.55 Å². The van der Waals surface area contributed by atoms with Crippen molar-refractivity contribution in [2.75, 3.05) is 0 Å². The highest BCUT2D eigenvalue weighted by Gasteiger charge is 2.58. The van der Waals surface area contributed by atoms with E-state index in [1.165, 1.54) is 6.42 Å². The quantitative estimate of drug-likeness (QED) is 0.187. The van der Waals surface area contributed by atoms with Gasteiger partial charge in [-0.2, -0.15) is 8.42 Å². The molecule has 35 heavy (non-hydrogen) atoms. The molecule has 0 bridgehead atoms. The highest BCUT2D eigenvalue weighted by molar-refractivity contribution is 14.1. The second-order valence-corrected chi connectivity index (χ2v) is 19.2. The SMILES string of the molecule is CC[C@@H](c1ccccc1I)C1C(S(=O)(=O)O)=CC=C(C)[C@@]1(O[Si](C)(C)C(C)(C)C)C1CCCCC1. The van der Waals surface area contributed by atoms with Crippen LogP contribution in [0.1, 0.15) is 84.6 Å². The molecular weight excluding hydrogens is 587 g/mol. The Balaban J connectivity index is 2.37. The summed E-state index contributed by atoms with van der Waals surface area (Å²) in [5.41, 5.74) is 1.45. The largest absolute Gasteiger partial charge is 0.407 e. The van der Waals surface area contributed by atoms with Gasteiger partial charge in [-0.15, -0.1) is 0 Å². The lowest BCUT2D eigenvalue weighted by Crippen LogP contribution is -2.60. The van der Waals surface area contributed by atoms with Crippen molar-refractivity contribution in [3.05, 3.63) is 56.0 Å². The summed E-state index contributed by atoms with van der Waals surface area (Å²) < 4.78 is 45.2. The van der Waals surface area contributed by atoms with E-state index < -0.39 is 30.0 Å². The molecule has 0 amide bonds. The molecule has 0 aromatic heterocycles. The smallest absolute Gasteiger partial charge is 0.291 e. The molecule has 2 aliphatic carbocycles. The predicted octanol–water partition coefficient (Wildman–Crippen LogP) is 8.47. The van der Waals surface area contributed by atoms with Gasteiger partial charge in [0.2, 0.25) is 0 Å². The lowest BCUT2D eigenvalue weighted by Gasteiger charge is -2.57. The summed E-state index contributed by atoms with van der Waals surface area (Å²) >= 11 is 2.36. The van der Waals surface area contributed by atoms with Crippen LogP contribution in [-0.4, -0.2) is 26.9 Å². The maximum Gasteiger partial charge on any atom is 0.291 e. The molecule has 2 aliphatic rings. The summed E-state index contributed by atoms with van der Waals surface area (Å²) in [6, 6.07) is 8.24. The minimum absolute atomic E-state index is 0.0399. The normalized spacial score (nSPS) is 25.7. The van der Waals surface area contributed by atoms with Crippen LogP contribution in [0, 0.1) is 15.4 Å². The molecule has 7 heteroatoms. The van der Waals surface area contributed by atoms with Crippen molar-refractivity contribution in [1.29, 1.82) is 0 Å².